The first-order valence-electron chi connectivity index (χ1n) is 10.1. The molecule has 0 spiro atoms. The summed E-state index contributed by atoms with van der Waals surface area (Å²) >= 11 is 0. The maximum atomic E-state index is 13.3. The lowest BCUT2D eigenvalue weighted by Gasteiger charge is -2.32. The summed E-state index contributed by atoms with van der Waals surface area (Å²) in [5, 5.41) is 10.8. The number of carbonyl (C=O) groups is 2. The Morgan fingerprint density at radius 1 is 1.15 bits per heavy atom. The van der Waals surface area contributed by atoms with Crippen LogP contribution in [-0.2, 0) is 14.6 Å². The molecule has 1 amide bonds. The van der Waals surface area contributed by atoms with Gasteiger partial charge < -0.3 is 28.6 Å². The number of carbonyl (C=O) groups excluding carboxylic acids is 2. The largest absolute Gasteiger partial charge is 0.503 e. The minimum atomic E-state index is -3.36. The van der Waals surface area contributed by atoms with E-state index >= 15 is 0 Å². The van der Waals surface area contributed by atoms with E-state index in [-0.39, 0.29) is 40.8 Å². The Hall–Kier alpha value is -3.47. The van der Waals surface area contributed by atoms with Crippen LogP contribution in [-0.4, -0.2) is 69.0 Å². The van der Waals surface area contributed by atoms with E-state index < -0.39 is 39.4 Å². The molecule has 1 aromatic carbocycles. The molecule has 10 nitrogen and oxygen atoms in total. The third kappa shape index (κ3) is 3.82. The summed E-state index contributed by atoms with van der Waals surface area (Å²) in [4.78, 5) is 27.7. The van der Waals surface area contributed by atoms with E-state index in [0.717, 1.165) is 0 Å². The number of benzene rings is 1. The fourth-order valence-corrected chi connectivity index (χ4v) is 6.06. The number of amides is 1. The molecule has 0 bridgehead atoms. The van der Waals surface area contributed by atoms with Crippen LogP contribution in [0.25, 0.3) is 0 Å². The quantitative estimate of drug-likeness (QED) is 0.595. The Bertz CT molecular complexity index is 1210. The predicted octanol–water partition coefficient (Wildman–Crippen LogP) is 2.07. The van der Waals surface area contributed by atoms with E-state index in [0.29, 0.717) is 11.3 Å². The van der Waals surface area contributed by atoms with E-state index in [9.17, 15) is 23.1 Å². The van der Waals surface area contributed by atoms with E-state index in [1.807, 2.05) is 0 Å². The van der Waals surface area contributed by atoms with Gasteiger partial charge in [-0.3, -0.25) is 9.59 Å². The van der Waals surface area contributed by atoms with Crippen molar-refractivity contribution in [2.24, 2.45) is 0 Å². The van der Waals surface area contributed by atoms with Gasteiger partial charge in [-0.05, 0) is 36.2 Å². The van der Waals surface area contributed by atoms with Crippen LogP contribution in [0.1, 0.15) is 28.6 Å². The fraction of sp³-hybridized carbons (Fsp3) is 0.364. The number of furan rings is 1. The van der Waals surface area contributed by atoms with E-state index in [2.05, 4.69) is 0 Å². The molecule has 33 heavy (non-hydrogen) atoms. The third-order valence-electron chi connectivity index (χ3n) is 5.84. The highest BCUT2D eigenvalue weighted by molar-refractivity contribution is 7.91. The summed E-state index contributed by atoms with van der Waals surface area (Å²) in [6.45, 7) is 0. The van der Waals surface area contributed by atoms with E-state index in [1.165, 1.54) is 44.6 Å². The molecule has 0 radical (unpaired) electrons. The van der Waals surface area contributed by atoms with Crippen LogP contribution >= 0.6 is 0 Å². The van der Waals surface area contributed by atoms with Crippen LogP contribution in [0, 0.1) is 0 Å². The molecule has 2 aromatic rings. The first-order valence-corrected chi connectivity index (χ1v) is 11.9. The molecule has 1 fully saturated rings. The van der Waals surface area contributed by atoms with Crippen molar-refractivity contribution in [2.75, 3.05) is 32.8 Å². The molecule has 1 aromatic heterocycles. The van der Waals surface area contributed by atoms with Gasteiger partial charge in [-0.15, -0.1) is 0 Å². The second kappa shape index (κ2) is 8.47. The smallest absolute Gasteiger partial charge is 0.290 e. The van der Waals surface area contributed by atoms with Crippen molar-refractivity contribution >= 4 is 21.5 Å². The molecule has 2 aliphatic rings. The monoisotopic (exact) mass is 477 g/mol. The highest BCUT2D eigenvalue weighted by Crippen LogP contribution is 2.47. The van der Waals surface area contributed by atoms with Gasteiger partial charge in [0.25, 0.3) is 5.91 Å². The molecule has 4 rings (SSSR count). The zero-order valence-corrected chi connectivity index (χ0v) is 19.0. The van der Waals surface area contributed by atoms with Crippen molar-refractivity contribution in [2.45, 2.75) is 18.5 Å². The fourth-order valence-electron chi connectivity index (χ4n) is 4.35. The van der Waals surface area contributed by atoms with Crippen LogP contribution in [0.5, 0.6) is 17.2 Å². The van der Waals surface area contributed by atoms with Crippen LogP contribution in [0.3, 0.4) is 0 Å². The number of nitrogens with zero attached hydrogens (tertiary/aromatic N) is 1. The Balaban J connectivity index is 1.91. The molecule has 2 atom stereocenters. The predicted molar refractivity (Wildman–Crippen MR) is 115 cm³/mol. The van der Waals surface area contributed by atoms with Crippen molar-refractivity contribution in [1.29, 1.82) is 0 Å². The van der Waals surface area contributed by atoms with Gasteiger partial charge in [-0.1, -0.05) is 0 Å². The number of sulfone groups is 1. The van der Waals surface area contributed by atoms with Crippen molar-refractivity contribution in [3.63, 3.8) is 0 Å². The molecule has 1 saturated heterocycles. The first-order chi connectivity index (χ1) is 15.7. The molecule has 0 aliphatic carbocycles. The Morgan fingerprint density at radius 2 is 1.82 bits per heavy atom. The Morgan fingerprint density at radius 3 is 2.30 bits per heavy atom. The summed E-state index contributed by atoms with van der Waals surface area (Å²) in [6.07, 6.45) is 1.49. The summed E-state index contributed by atoms with van der Waals surface area (Å²) in [7, 11) is 0.915. The minimum Gasteiger partial charge on any atom is -0.503 e. The van der Waals surface area contributed by atoms with Crippen molar-refractivity contribution < 1.29 is 41.7 Å². The number of hydrogen-bond acceptors (Lipinski definition) is 9. The maximum Gasteiger partial charge on any atom is 0.290 e. The SMILES string of the molecule is COc1cc(C2C(C(=O)c3ccco3)=C(O)C(=O)N2C2CCS(=O)(=O)C2)cc(OC)c1OC. The number of aliphatic hydroxyl groups excluding tert-OH is 1. The molecular weight excluding hydrogens is 454 g/mol. The number of Topliss-reactive ketones (excluding diaryl/α,β-unsaturated/α-hetero) is 1. The molecule has 2 unspecified atom stereocenters. The standard InChI is InChI=1S/C22H23NO9S/c1-29-15-9-12(10-16(30-2)21(15)31-3)18-17(19(24)14-5-4-7-32-14)20(25)22(26)23(18)13-6-8-33(27,28)11-13/h4-5,7,9-10,13,18,25H,6,8,11H2,1-3H3. The summed E-state index contributed by atoms with van der Waals surface area (Å²) in [5.74, 6) is -1.85. The highest BCUT2D eigenvalue weighted by atomic mass is 32.2. The maximum absolute atomic E-state index is 13.3. The first kappa shape index (κ1) is 22.7. The van der Waals surface area contributed by atoms with Gasteiger partial charge in [-0.25, -0.2) is 8.42 Å². The molecule has 3 heterocycles. The van der Waals surface area contributed by atoms with Gasteiger partial charge in [0.2, 0.25) is 11.5 Å². The molecule has 2 aliphatic heterocycles. The molecular formula is C22H23NO9S. The van der Waals surface area contributed by atoms with Gasteiger partial charge in [0.05, 0.1) is 50.7 Å². The summed E-state index contributed by atoms with van der Waals surface area (Å²) < 4.78 is 45.7. The number of ketones is 1. The Labute approximate surface area is 190 Å². The van der Waals surface area contributed by atoms with Crippen molar-refractivity contribution in [1.82, 2.24) is 4.90 Å². The normalized spacial score (nSPS) is 22.0. The second-order valence-electron chi connectivity index (χ2n) is 7.70. The van der Waals surface area contributed by atoms with Gasteiger partial charge in [0.15, 0.2) is 32.9 Å². The van der Waals surface area contributed by atoms with Crippen LogP contribution < -0.4 is 14.2 Å². The van der Waals surface area contributed by atoms with E-state index in [4.69, 9.17) is 18.6 Å². The van der Waals surface area contributed by atoms with E-state index in [1.54, 1.807) is 12.1 Å². The number of aliphatic hydroxyl groups is 1. The summed E-state index contributed by atoms with van der Waals surface area (Å²) in [5.41, 5.74) is 0.162. The lowest BCUT2D eigenvalue weighted by atomic mass is 9.93. The Kier molecular flexibility index (Phi) is 5.83. The highest BCUT2D eigenvalue weighted by Gasteiger charge is 2.49. The zero-order chi connectivity index (χ0) is 23.9. The average Bonchev–Trinajstić information content (AvgIpc) is 3.51. The van der Waals surface area contributed by atoms with Crippen LogP contribution in [0.2, 0.25) is 0 Å². The molecule has 176 valence electrons. The van der Waals surface area contributed by atoms with Crippen molar-refractivity contribution in [3.05, 3.63) is 53.2 Å². The lowest BCUT2D eigenvalue weighted by Crippen LogP contribution is -2.41. The molecule has 11 heteroatoms. The van der Waals surface area contributed by atoms with Crippen molar-refractivity contribution in [3.8, 4) is 17.2 Å². The van der Waals surface area contributed by atoms with Gasteiger partial charge in [-0.2, -0.15) is 0 Å². The minimum absolute atomic E-state index is 0.0670. The number of rotatable bonds is 7. The number of hydrogen-bond donors (Lipinski definition) is 1. The second-order valence-corrected chi connectivity index (χ2v) is 9.93. The van der Waals surface area contributed by atoms with Gasteiger partial charge in [0.1, 0.15) is 0 Å². The molecule has 0 saturated carbocycles. The van der Waals surface area contributed by atoms with Gasteiger partial charge >= 0.3 is 0 Å². The van der Waals surface area contributed by atoms with Crippen LogP contribution in [0.4, 0.5) is 0 Å². The average molecular weight is 477 g/mol. The molecule has 1 N–H and O–H groups in total. The number of ether oxygens (including phenoxy) is 3. The lowest BCUT2D eigenvalue weighted by molar-refractivity contribution is -0.131. The third-order valence-corrected chi connectivity index (χ3v) is 7.59. The van der Waals surface area contributed by atoms with Gasteiger partial charge in [0, 0.05) is 6.04 Å². The van der Waals surface area contributed by atoms with Crippen LogP contribution in [0.15, 0.2) is 46.3 Å². The summed E-state index contributed by atoms with van der Waals surface area (Å²) in [6, 6.07) is 4.23. The topological polar surface area (TPSA) is 133 Å². The number of methoxy groups -OCH3 is 3. The zero-order valence-electron chi connectivity index (χ0n) is 18.2.